The normalized spacial score (nSPS) is 27.8. The van der Waals surface area contributed by atoms with Gasteiger partial charge < -0.3 is 19.3 Å². The van der Waals surface area contributed by atoms with Gasteiger partial charge in [-0.2, -0.15) is 0 Å². The quantitative estimate of drug-likeness (QED) is 0.812. The van der Waals surface area contributed by atoms with E-state index in [9.17, 15) is 9.90 Å². The Kier molecular flexibility index (Phi) is 4.30. The van der Waals surface area contributed by atoms with E-state index in [0.717, 1.165) is 0 Å². The largest absolute Gasteiger partial charge is 0.454 e. The molecule has 98 valence electrons. The predicted octanol–water partition coefficient (Wildman–Crippen LogP) is 0.966. The van der Waals surface area contributed by atoms with Crippen LogP contribution in [0.1, 0.15) is 16.8 Å². The zero-order valence-corrected chi connectivity index (χ0v) is 10.1. The average molecular weight is 252 g/mol. The van der Waals surface area contributed by atoms with Crippen molar-refractivity contribution in [3.63, 3.8) is 0 Å². The van der Waals surface area contributed by atoms with Gasteiger partial charge in [0.15, 0.2) is 12.4 Å². The van der Waals surface area contributed by atoms with Gasteiger partial charge in [-0.25, -0.2) is 4.79 Å². The Hall–Kier alpha value is -1.43. The zero-order chi connectivity index (χ0) is 13.0. The summed E-state index contributed by atoms with van der Waals surface area (Å²) >= 11 is 0. The lowest BCUT2D eigenvalue weighted by atomic mass is 10.1. The van der Waals surface area contributed by atoms with Crippen LogP contribution in [0, 0.1) is 0 Å². The lowest BCUT2D eigenvalue weighted by Crippen LogP contribution is -2.44. The summed E-state index contributed by atoms with van der Waals surface area (Å²) in [5, 5.41) is 9.83. The monoisotopic (exact) mass is 252 g/mol. The molecule has 0 saturated carbocycles. The Bertz CT molecular complexity index is 392. The summed E-state index contributed by atoms with van der Waals surface area (Å²) in [5.41, 5.74) is 0.457. The van der Waals surface area contributed by atoms with Gasteiger partial charge >= 0.3 is 5.97 Å². The number of ether oxygens (including phenoxy) is 3. The van der Waals surface area contributed by atoms with Gasteiger partial charge in [0, 0.05) is 13.5 Å². The molecule has 1 aromatic rings. The third-order valence-electron chi connectivity index (χ3n) is 2.84. The van der Waals surface area contributed by atoms with Crippen LogP contribution in [0.4, 0.5) is 0 Å². The van der Waals surface area contributed by atoms with Crippen LogP contribution >= 0.6 is 0 Å². The topological polar surface area (TPSA) is 65.0 Å². The van der Waals surface area contributed by atoms with Gasteiger partial charge in [-0.3, -0.25) is 0 Å². The van der Waals surface area contributed by atoms with Crippen molar-refractivity contribution in [3.8, 4) is 0 Å². The van der Waals surface area contributed by atoms with Gasteiger partial charge in [0.2, 0.25) is 0 Å². The third kappa shape index (κ3) is 3.07. The molecule has 18 heavy (non-hydrogen) atoms. The van der Waals surface area contributed by atoms with Crippen LogP contribution in [0.2, 0.25) is 0 Å². The molecule has 5 heteroatoms. The van der Waals surface area contributed by atoms with Gasteiger partial charge in [-0.1, -0.05) is 18.2 Å². The molecule has 1 N–H and O–H groups in total. The second-order valence-corrected chi connectivity index (χ2v) is 4.11. The maximum absolute atomic E-state index is 11.8. The molecule has 1 heterocycles. The summed E-state index contributed by atoms with van der Waals surface area (Å²) in [7, 11) is 1.51. The first-order valence-electron chi connectivity index (χ1n) is 5.79. The summed E-state index contributed by atoms with van der Waals surface area (Å²) in [5.74, 6) is -0.459. The number of carbonyl (C=O) groups is 1. The number of aliphatic hydroxyl groups excluding tert-OH is 1. The number of hydrogen-bond acceptors (Lipinski definition) is 5. The highest BCUT2D eigenvalue weighted by atomic mass is 16.7. The van der Waals surface area contributed by atoms with Gasteiger partial charge in [-0.15, -0.1) is 0 Å². The number of aliphatic hydroxyl groups is 1. The van der Waals surface area contributed by atoms with Crippen molar-refractivity contribution in [2.24, 2.45) is 0 Å². The Labute approximate surface area is 105 Å². The molecular weight excluding hydrogens is 236 g/mol. The third-order valence-corrected chi connectivity index (χ3v) is 2.84. The van der Waals surface area contributed by atoms with Gasteiger partial charge in [0.25, 0.3) is 0 Å². The first-order valence-corrected chi connectivity index (χ1v) is 5.79. The van der Waals surface area contributed by atoms with Crippen LogP contribution in [0.15, 0.2) is 30.3 Å². The maximum Gasteiger partial charge on any atom is 0.338 e. The molecule has 0 amide bonds. The molecule has 0 aliphatic carbocycles. The number of esters is 1. The van der Waals surface area contributed by atoms with Crippen molar-refractivity contribution in [2.45, 2.75) is 24.9 Å². The molecule has 5 nitrogen and oxygen atoms in total. The lowest BCUT2D eigenvalue weighted by Gasteiger charge is -2.31. The summed E-state index contributed by atoms with van der Waals surface area (Å²) in [6.45, 7) is 0.137. The first-order chi connectivity index (χ1) is 8.70. The smallest absolute Gasteiger partial charge is 0.338 e. The average Bonchev–Trinajstić information content (AvgIpc) is 2.42. The van der Waals surface area contributed by atoms with Crippen LogP contribution < -0.4 is 0 Å². The molecule has 0 spiro atoms. The summed E-state index contributed by atoms with van der Waals surface area (Å²) < 4.78 is 15.5. The van der Waals surface area contributed by atoms with Crippen molar-refractivity contribution < 1.29 is 24.1 Å². The van der Waals surface area contributed by atoms with E-state index >= 15 is 0 Å². The van der Waals surface area contributed by atoms with Crippen LogP contribution in [-0.4, -0.2) is 43.3 Å². The molecule has 1 unspecified atom stereocenters. The van der Waals surface area contributed by atoms with E-state index in [2.05, 4.69) is 0 Å². The SMILES string of the molecule is COC1C[C@@H](O)[C@@H](OC(=O)c2ccccc2)CO1. The number of rotatable bonds is 3. The molecule has 0 bridgehead atoms. The second-order valence-electron chi connectivity index (χ2n) is 4.11. The molecule has 3 atom stereocenters. The molecular formula is C13H16O5. The Balaban J connectivity index is 1.92. The summed E-state index contributed by atoms with van der Waals surface area (Å²) in [6.07, 6.45) is -1.56. The zero-order valence-electron chi connectivity index (χ0n) is 10.1. The Morgan fingerprint density at radius 3 is 2.72 bits per heavy atom. The highest BCUT2D eigenvalue weighted by Crippen LogP contribution is 2.18. The highest BCUT2D eigenvalue weighted by molar-refractivity contribution is 5.89. The van der Waals surface area contributed by atoms with Crippen molar-refractivity contribution in [1.29, 1.82) is 0 Å². The van der Waals surface area contributed by atoms with Crippen LogP contribution in [-0.2, 0) is 14.2 Å². The Morgan fingerprint density at radius 1 is 1.39 bits per heavy atom. The predicted molar refractivity (Wildman–Crippen MR) is 63.0 cm³/mol. The molecule has 1 aliphatic heterocycles. The fourth-order valence-electron chi connectivity index (χ4n) is 1.79. The van der Waals surface area contributed by atoms with E-state index in [0.29, 0.717) is 12.0 Å². The van der Waals surface area contributed by atoms with Crippen molar-refractivity contribution in [1.82, 2.24) is 0 Å². The molecule has 1 aliphatic rings. The van der Waals surface area contributed by atoms with Crippen LogP contribution in [0.3, 0.4) is 0 Å². The van der Waals surface area contributed by atoms with Crippen molar-refractivity contribution in [3.05, 3.63) is 35.9 Å². The van der Waals surface area contributed by atoms with E-state index in [1.165, 1.54) is 7.11 Å². The minimum atomic E-state index is -0.767. The van der Waals surface area contributed by atoms with E-state index in [1.54, 1.807) is 24.3 Å². The number of methoxy groups -OCH3 is 1. The van der Waals surface area contributed by atoms with Crippen molar-refractivity contribution >= 4 is 5.97 Å². The van der Waals surface area contributed by atoms with E-state index in [4.69, 9.17) is 14.2 Å². The maximum atomic E-state index is 11.8. The molecule has 1 saturated heterocycles. The standard InChI is InChI=1S/C13H16O5/c1-16-12-7-10(14)11(8-17-12)18-13(15)9-5-3-2-4-6-9/h2-6,10-12,14H,7-8H2,1H3/t10-,11+,12?/m1/s1. The number of carbonyl (C=O) groups excluding carboxylic acids is 1. The fraction of sp³-hybridized carbons (Fsp3) is 0.462. The molecule has 0 radical (unpaired) electrons. The molecule has 1 fully saturated rings. The minimum absolute atomic E-state index is 0.137. The molecule has 0 aromatic heterocycles. The van der Waals surface area contributed by atoms with E-state index < -0.39 is 24.5 Å². The highest BCUT2D eigenvalue weighted by Gasteiger charge is 2.32. The van der Waals surface area contributed by atoms with Gasteiger partial charge in [-0.05, 0) is 12.1 Å². The first kappa shape index (κ1) is 13.0. The van der Waals surface area contributed by atoms with Gasteiger partial charge in [0.05, 0.1) is 18.3 Å². The van der Waals surface area contributed by atoms with Crippen LogP contribution in [0.25, 0.3) is 0 Å². The Morgan fingerprint density at radius 2 is 2.11 bits per heavy atom. The summed E-state index contributed by atoms with van der Waals surface area (Å²) in [4.78, 5) is 11.8. The second kappa shape index (κ2) is 5.95. The lowest BCUT2D eigenvalue weighted by molar-refractivity contribution is -0.206. The van der Waals surface area contributed by atoms with E-state index in [-0.39, 0.29) is 6.61 Å². The summed E-state index contributed by atoms with van der Waals surface area (Å²) in [6, 6.07) is 8.65. The van der Waals surface area contributed by atoms with Crippen LogP contribution in [0.5, 0.6) is 0 Å². The molecule has 1 aromatic carbocycles. The van der Waals surface area contributed by atoms with E-state index in [1.807, 2.05) is 6.07 Å². The number of benzene rings is 1. The van der Waals surface area contributed by atoms with Crippen molar-refractivity contribution in [2.75, 3.05) is 13.7 Å². The molecule has 2 rings (SSSR count). The van der Waals surface area contributed by atoms with Gasteiger partial charge in [0.1, 0.15) is 0 Å². The minimum Gasteiger partial charge on any atom is -0.454 e. The number of hydrogen-bond donors (Lipinski definition) is 1. The fourth-order valence-corrected chi connectivity index (χ4v) is 1.79.